The largest absolute Gasteiger partial charge is 0.492 e. The monoisotopic (exact) mass is 665 g/mol. The summed E-state index contributed by atoms with van der Waals surface area (Å²) in [7, 11) is -4.46. The number of hydrogen-bond acceptors (Lipinski definition) is 8. The van der Waals surface area contributed by atoms with Gasteiger partial charge in [0.2, 0.25) is 5.82 Å². The van der Waals surface area contributed by atoms with Gasteiger partial charge in [0.1, 0.15) is 23.7 Å². The van der Waals surface area contributed by atoms with Crippen LogP contribution in [0.2, 0.25) is 0 Å². The van der Waals surface area contributed by atoms with Crippen molar-refractivity contribution >= 4 is 15.9 Å². The van der Waals surface area contributed by atoms with Crippen LogP contribution >= 0.6 is 0 Å². The molecule has 2 aliphatic rings. The molecule has 2 aromatic carbocycles. The Labute approximate surface area is 264 Å². The molecule has 0 spiro atoms. The van der Waals surface area contributed by atoms with E-state index in [1.54, 1.807) is 34.9 Å². The summed E-state index contributed by atoms with van der Waals surface area (Å²) < 4.78 is 99.9. The Bertz CT molecular complexity index is 1600. The quantitative estimate of drug-likeness (QED) is 0.212. The van der Waals surface area contributed by atoms with Crippen LogP contribution in [0, 0.1) is 17.6 Å². The van der Waals surface area contributed by atoms with E-state index in [0.29, 0.717) is 62.1 Å². The highest BCUT2D eigenvalue weighted by Crippen LogP contribution is 2.31. The third-order valence-electron chi connectivity index (χ3n) is 7.80. The zero-order valence-corrected chi connectivity index (χ0v) is 26.0. The second-order valence-electron chi connectivity index (χ2n) is 11.3. The van der Waals surface area contributed by atoms with Crippen LogP contribution in [0.15, 0.2) is 59.6 Å². The number of ether oxygens (including phenoxy) is 3. The molecule has 1 aliphatic carbocycles. The van der Waals surface area contributed by atoms with Crippen molar-refractivity contribution in [3.63, 3.8) is 0 Å². The van der Waals surface area contributed by atoms with E-state index in [1.807, 2.05) is 0 Å². The Balaban J connectivity index is 1.18. The fraction of sp³-hybridized carbons (Fsp3) is 0.438. The van der Waals surface area contributed by atoms with Gasteiger partial charge in [-0.3, -0.25) is 14.7 Å². The predicted molar refractivity (Wildman–Crippen MR) is 160 cm³/mol. The van der Waals surface area contributed by atoms with Gasteiger partial charge in [0, 0.05) is 13.1 Å². The molecule has 1 N–H and O–H groups in total. The van der Waals surface area contributed by atoms with Crippen LogP contribution in [-0.4, -0.2) is 63.0 Å². The maximum atomic E-state index is 15.0. The number of carbonyl (C=O) groups excluding carboxylic acids is 1. The number of likely N-dealkylation sites (tertiary alicyclic amines) is 1. The lowest BCUT2D eigenvalue weighted by Gasteiger charge is -2.31. The lowest BCUT2D eigenvalue weighted by Crippen LogP contribution is -2.40. The molecule has 248 valence electrons. The van der Waals surface area contributed by atoms with Gasteiger partial charge >= 0.3 is 0 Å². The SMILES string of the molecule is CC[C@@H](Oc1ccc(C(=O)NS(=O)(=O)c2ccc(OC3CCN(CC(F)F)CC3)cc2)c(F)c1F)c1ccc(OCC2CC2)cn1. The third kappa shape index (κ3) is 8.66. The van der Waals surface area contributed by atoms with Gasteiger partial charge in [0.05, 0.1) is 35.5 Å². The van der Waals surface area contributed by atoms with Crippen molar-refractivity contribution in [1.29, 1.82) is 0 Å². The molecule has 1 saturated carbocycles. The average molecular weight is 666 g/mol. The number of carbonyl (C=O) groups is 1. The standard InChI is InChI=1S/C32H35F4N3O6S/c1-2-27(26-11-7-23(17-37-26)43-19-20-3-4-20)45-28-12-10-25(30(35)31(28)36)32(40)38-46(41,42)24-8-5-21(6-9-24)44-22-13-15-39(16-14-22)18-29(33)34/h5-12,17,20,22,27,29H,2-4,13-16,18-19H2,1H3,(H,38,40)/t27-/m1/s1. The smallest absolute Gasteiger partial charge is 0.268 e. The summed E-state index contributed by atoms with van der Waals surface area (Å²) in [6, 6.07) is 10.6. The molecule has 14 heteroatoms. The summed E-state index contributed by atoms with van der Waals surface area (Å²) in [5, 5.41) is 0. The first-order valence-electron chi connectivity index (χ1n) is 15.1. The highest BCUT2D eigenvalue weighted by molar-refractivity contribution is 7.90. The lowest BCUT2D eigenvalue weighted by molar-refractivity contribution is 0.0478. The van der Waals surface area contributed by atoms with Crippen LogP contribution in [0.4, 0.5) is 17.6 Å². The van der Waals surface area contributed by atoms with Gasteiger partial charge in [-0.05, 0) is 86.6 Å². The van der Waals surface area contributed by atoms with E-state index in [0.717, 1.165) is 25.0 Å². The van der Waals surface area contributed by atoms with Crippen molar-refractivity contribution in [2.45, 2.75) is 62.6 Å². The predicted octanol–water partition coefficient (Wildman–Crippen LogP) is 5.91. The molecule has 0 unspecified atom stereocenters. The van der Waals surface area contributed by atoms with E-state index < -0.39 is 51.4 Å². The van der Waals surface area contributed by atoms with E-state index in [1.165, 1.54) is 24.3 Å². The Morgan fingerprint density at radius 1 is 0.978 bits per heavy atom. The number of nitrogens with zero attached hydrogens (tertiary/aromatic N) is 2. The van der Waals surface area contributed by atoms with Crippen LogP contribution in [0.1, 0.15) is 61.2 Å². The minimum absolute atomic E-state index is 0.221. The normalized spacial score (nSPS) is 16.7. The van der Waals surface area contributed by atoms with Crippen molar-refractivity contribution in [3.8, 4) is 17.2 Å². The zero-order chi connectivity index (χ0) is 32.8. The summed E-state index contributed by atoms with van der Waals surface area (Å²) in [6.45, 7) is 3.03. The summed E-state index contributed by atoms with van der Waals surface area (Å²) in [4.78, 5) is 18.4. The molecule has 9 nitrogen and oxygen atoms in total. The molecule has 0 radical (unpaired) electrons. The van der Waals surface area contributed by atoms with E-state index in [4.69, 9.17) is 14.2 Å². The second kappa shape index (κ2) is 14.7. The number of hydrogen-bond donors (Lipinski definition) is 1. The van der Waals surface area contributed by atoms with E-state index in [2.05, 4.69) is 4.98 Å². The van der Waals surface area contributed by atoms with Gasteiger partial charge in [0.25, 0.3) is 22.4 Å². The molecule has 5 rings (SSSR count). The minimum atomic E-state index is -4.46. The molecule has 1 saturated heterocycles. The van der Waals surface area contributed by atoms with Gasteiger partial charge in [-0.15, -0.1) is 0 Å². The first-order valence-corrected chi connectivity index (χ1v) is 16.6. The number of piperidine rings is 1. The van der Waals surface area contributed by atoms with Crippen molar-refractivity contribution in [3.05, 3.63) is 77.6 Å². The number of sulfonamides is 1. The number of pyridine rings is 1. The fourth-order valence-corrected chi connectivity index (χ4v) is 5.97. The Morgan fingerprint density at radius 2 is 1.67 bits per heavy atom. The number of aromatic nitrogens is 1. The van der Waals surface area contributed by atoms with Crippen LogP contribution in [0.25, 0.3) is 0 Å². The molecule has 2 fully saturated rings. The van der Waals surface area contributed by atoms with Gasteiger partial charge in [0.15, 0.2) is 11.6 Å². The first-order chi connectivity index (χ1) is 22.0. The Morgan fingerprint density at radius 3 is 2.28 bits per heavy atom. The Hall–Kier alpha value is -3.91. The van der Waals surface area contributed by atoms with Gasteiger partial charge < -0.3 is 14.2 Å². The third-order valence-corrected chi connectivity index (χ3v) is 9.14. The highest BCUT2D eigenvalue weighted by atomic mass is 32.2. The fourth-order valence-electron chi connectivity index (χ4n) is 5.00. The van der Waals surface area contributed by atoms with Crippen molar-refractivity contribution in [2.24, 2.45) is 5.92 Å². The van der Waals surface area contributed by atoms with E-state index in [-0.39, 0.29) is 17.5 Å². The van der Waals surface area contributed by atoms with E-state index >= 15 is 8.78 Å². The number of rotatable bonds is 14. The van der Waals surface area contributed by atoms with Crippen molar-refractivity contribution in [1.82, 2.24) is 14.6 Å². The van der Waals surface area contributed by atoms with Crippen LogP contribution < -0.4 is 18.9 Å². The van der Waals surface area contributed by atoms with Crippen LogP contribution in [-0.2, 0) is 10.0 Å². The number of alkyl halides is 2. The zero-order valence-electron chi connectivity index (χ0n) is 25.1. The van der Waals surface area contributed by atoms with Gasteiger partial charge in [-0.2, -0.15) is 4.39 Å². The molecular formula is C32H35F4N3O6S. The van der Waals surface area contributed by atoms with Gasteiger partial charge in [-0.25, -0.2) is 26.3 Å². The van der Waals surface area contributed by atoms with Crippen LogP contribution in [0.5, 0.6) is 17.2 Å². The molecule has 1 atom stereocenters. The van der Waals surface area contributed by atoms with Crippen LogP contribution in [0.3, 0.4) is 0 Å². The summed E-state index contributed by atoms with van der Waals surface area (Å²) in [5.74, 6) is -3.31. The highest BCUT2D eigenvalue weighted by Gasteiger charge is 2.27. The summed E-state index contributed by atoms with van der Waals surface area (Å²) in [5.41, 5.74) is -0.351. The summed E-state index contributed by atoms with van der Waals surface area (Å²) >= 11 is 0. The van der Waals surface area contributed by atoms with Crippen molar-refractivity contribution < 1.29 is 45.0 Å². The van der Waals surface area contributed by atoms with E-state index in [9.17, 15) is 22.0 Å². The minimum Gasteiger partial charge on any atom is -0.492 e. The molecular weight excluding hydrogens is 630 g/mol. The topological polar surface area (TPSA) is 107 Å². The molecule has 46 heavy (non-hydrogen) atoms. The number of benzene rings is 2. The molecule has 3 aromatic rings. The van der Waals surface area contributed by atoms with Crippen molar-refractivity contribution in [2.75, 3.05) is 26.2 Å². The Kier molecular flexibility index (Phi) is 10.7. The molecule has 0 bridgehead atoms. The molecule has 1 aliphatic heterocycles. The maximum Gasteiger partial charge on any atom is 0.268 e. The number of halogens is 4. The average Bonchev–Trinajstić information content (AvgIpc) is 3.87. The summed E-state index contributed by atoms with van der Waals surface area (Å²) in [6.07, 6.45) is 1.94. The number of nitrogens with one attached hydrogen (secondary N) is 1. The molecule has 1 amide bonds. The second-order valence-corrected chi connectivity index (χ2v) is 13.0. The molecule has 2 heterocycles. The maximum absolute atomic E-state index is 15.0. The number of amides is 1. The first kappa shape index (κ1) is 33.5. The lowest BCUT2D eigenvalue weighted by atomic mass is 10.1. The molecule has 1 aromatic heterocycles. The van der Waals surface area contributed by atoms with Gasteiger partial charge in [-0.1, -0.05) is 6.92 Å².